The summed E-state index contributed by atoms with van der Waals surface area (Å²) in [6.45, 7) is 13.9. The second-order valence-corrected chi connectivity index (χ2v) is 9.11. The summed E-state index contributed by atoms with van der Waals surface area (Å²) in [7, 11) is 0. The lowest BCUT2D eigenvalue weighted by Crippen LogP contribution is -2.52. The van der Waals surface area contributed by atoms with E-state index in [0.717, 1.165) is 19.0 Å². The third-order valence-corrected chi connectivity index (χ3v) is 5.65. The Balaban J connectivity index is 2.15. The van der Waals surface area contributed by atoms with Crippen LogP contribution in [0.2, 0.25) is 0 Å². The lowest BCUT2D eigenvalue weighted by Gasteiger charge is -2.54. The maximum Gasteiger partial charge on any atom is 0.0213 e. The van der Waals surface area contributed by atoms with Gasteiger partial charge in [-0.25, -0.2) is 0 Å². The predicted octanol–water partition coefficient (Wildman–Crippen LogP) is 5.39. The SMILES string of the molecule is CC(C)CNCC1(c2ccccc2Br)CC(C(C)(C)C)C1. The minimum absolute atomic E-state index is 0.312. The Labute approximate surface area is 139 Å². The van der Waals surface area contributed by atoms with Crippen LogP contribution in [0.5, 0.6) is 0 Å². The highest BCUT2D eigenvalue weighted by molar-refractivity contribution is 9.10. The molecule has 0 bridgehead atoms. The minimum Gasteiger partial charge on any atom is -0.316 e. The number of hydrogen-bond acceptors (Lipinski definition) is 1. The predicted molar refractivity (Wildman–Crippen MR) is 95.7 cm³/mol. The van der Waals surface area contributed by atoms with Gasteiger partial charge in [0.1, 0.15) is 0 Å². The summed E-state index contributed by atoms with van der Waals surface area (Å²) >= 11 is 3.77. The maximum atomic E-state index is 3.77. The highest BCUT2D eigenvalue weighted by Crippen LogP contribution is 2.55. The molecular formula is C19H30BrN. The molecule has 1 nitrogen and oxygen atoms in total. The van der Waals surface area contributed by atoms with E-state index in [1.165, 1.54) is 22.9 Å². The van der Waals surface area contributed by atoms with Crippen LogP contribution in [0.15, 0.2) is 28.7 Å². The van der Waals surface area contributed by atoms with Gasteiger partial charge in [0.05, 0.1) is 0 Å². The maximum absolute atomic E-state index is 3.77. The van der Waals surface area contributed by atoms with Gasteiger partial charge in [-0.2, -0.15) is 0 Å². The van der Waals surface area contributed by atoms with Crippen molar-refractivity contribution in [3.05, 3.63) is 34.3 Å². The third-order valence-electron chi connectivity index (χ3n) is 4.96. The third kappa shape index (κ3) is 3.90. The van der Waals surface area contributed by atoms with Gasteiger partial charge in [-0.3, -0.25) is 0 Å². The molecule has 0 aromatic heterocycles. The molecule has 0 heterocycles. The topological polar surface area (TPSA) is 12.0 Å². The molecule has 0 atom stereocenters. The first-order valence-corrected chi connectivity index (χ1v) is 9.00. The largest absolute Gasteiger partial charge is 0.316 e. The number of nitrogens with one attached hydrogen (secondary N) is 1. The summed E-state index contributed by atoms with van der Waals surface area (Å²) in [6.07, 6.45) is 2.59. The van der Waals surface area contributed by atoms with Gasteiger partial charge in [0, 0.05) is 16.4 Å². The summed E-state index contributed by atoms with van der Waals surface area (Å²) < 4.78 is 1.27. The van der Waals surface area contributed by atoms with E-state index < -0.39 is 0 Å². The molecule has 21 heavy (non-hydrogen) atoms. The Morgan fingerprint density at radius 1 is 1.24 bits per heavy atom. The smallest absolute Gasteiger partial charge is 0.0213 e. The van der Waals surface area contributed by atoms with Crippen molar-refractivity contribution in [2.75, 3.05) is 13.1 Å². The molecule has 0 unspecified atom stereocenters. The fourth-order valence-corrected chi connectivity index (χ4v) is 4.15. The molecule has 1 fully saturated rings. The van der Waals surface area contributed by atoms with Gasteiger partial charge in [0.2, 0.25) is 0 Å². The molecule has 118 valence electrons. The highest BCUT2D eigenvalue weighted by atomic mass is 79.9. The van der Waals surface area contributed by atoms with E-state index in [1.54, 1.807) is 0 Å². The van der Waals surface area contributed by atoms with Crippen molar-refractivity contribution in [2.24, 2.45) is 17.3 Å². The lowest BCUT2D eigenvalue weighted by molar-refractivity contribution is 0.0441. The fraction of sp³-hybridized carbons (Fsp3) is 0.684. The molecule has 2 heteroatoms. The second-order valence-electron chi connectivity index (χ2n) is 8.26. The second kappa shape index (κ2) is 6.42. The van der Waals surface area contributed by atoms with Crippen molar-refractivity contribution in [2.45, 2.75) is 52.9 Å². The summed E-state index contributed by atoms with van der Waals surface area (Å²) in [4.78, 5) is 0. The molecular weight excluding hydrogens is 322 g/mol. The van der Waals surface area contributed by atoms with Crippen LogP contribution in [-0.2, 0) is 5.41 Å². The Hall–Kier alpha value is -0.340. The van der Waals surface area contributed by atoms with E-state index in [-0.39, 0.29) is 0 Å². The summed E-state index contributed by atoms with van der Waals surface area (Å²) in [5, 5.41) is 3.70. The molecule has 0 radical (unpaired) electrons. The molecule has 2 rings (SSSR count). The monoisotopic (exact) mass is 351 g/mol. The summed E-state index contributed by atoms with van der Waals surface area (Å²) in [5.74, 6) is 1.53. The molecule has 1 aliphatic carbocycles. The Morgan fingerprint density at radius 2 is 1.86 bits per heavy atom. The first-order valence-electron chi connectivity index (χ1n) is 8.20. The standard InChI is InChI=1S/C19H30BrN/c1-14(2)12-21-13-19(10-15(11-19)18(3,4)5)16-8-6-7-9-17(16)20/h6-9,14-15,21H,10-13H2,1-5H3. The molecule has 0 aliphatic heterocycles. The normalized spacial score (nSPS) is 26.0. The zero-order chi connectivity index (χ0) is 15.7. The molecule has 1 aromatic carbocycles. The van der Waals surface area contributed by atoms with Crippen molar-refractivity contribution < 1.29 is 0 Å². The van der Waals surface area contributed by atoms with Crippen LogP contribution in [0.25, 0.3) is 0 Å². The van der Waals surface area contributed by atoms with Crippen molar-refractivity contribution in [3.63, 3.8) is 0 Å². The average Bonchev–Trinajstić information content (AvgIpc) is 2.31. The molecule has 0 amide bonds. The van der Waals surface area contributed by atoms with Crippen molar-refractivity contribution in [3.8, 4) is 0 Å². The van der Waals surface area contributed by atoms with E-state index in [0.29, 0.717) is 16.7 Å². The van der Waals surface area contributed by atoms with Crippen LogP contribution in [0, 0.1) is 17.3 Å². The Morgan fingerprint density at radius 3 is 2.38 bits per heavy atom. The van der Waals surface area contributed by atoms with Crippen LogP contribution in [0.3, 0.4) is 0 Å². The number of hydrogen-bond donors (Lipinski definition) is 1. The average molecular weight is 352 g/mol. The Kier molecular flexibility index (Phi) is 5.20. The van der Waals surface area contributed by atoms with Crippen molar-refractivity contribution in [1.29, 1.82) is 0 Å². The lowest BCUT2D eigenvalue weighted by atomic mass is 9.52. The van der Waals surface area contributed by atoms with Crippen LogP contribution >= 0.6 is 15.9 Å². The van der Waals surface area contributed by atoms with E-state index in [1.807, 2.05) is 0 Å². The minimum atomic E-state index is 0.312. The zero-order valence-corrected chi connectivity index (χ0v) is 15.8. The Bertz CT molecular complexity index is 467. The summed E-state index contributed by atoms with van der Waals surface area (Å²) in [6, 6.07) is 8.78. The van der Waals surface area contributed by atoms with Crippen molar-refractivity contribution in [1.82, 2.24) is 5.32 Å². The fourth-order valence-electron chi connectivity index (χ4n) is 3.45. The van der Waals surface area contributed by atoms with Gasteiger partial charge < -0.3 is 5.32 Å². The van der Waals surface area contributed by atoms with Gasteiger partial charge in [-0.1, -0.05) is 68.7 Å². The molecule has 1 aromatic rings. The van der Waals surface area contributed by atoms with E-state index >= 15 is 0 Å². The van der Waals surface area contributed by atoms with Crippen LogP contribution in [0.4, 0.5) is 0 Å². The molecule has 1 N–H and O–H groups in total. The van der Waals surface area contributed by atoms with Gasteiger partial charge in [-0.05, 0) is 48.3 Å². The van der Waals surface area contributed by atoms with Gasteiger partial charge in [0.15, 0.2) is 0 Å². The van der Waals surface area contributed by atoms with Gasteiger partial charge in [-0.15, -0.1) is 0 Å². The van der Waals surface area contributed by atoms with E-state index in [4.69, 9.17) is 0 Å². The molecule has 0 saturated heterocycles. The van der Waals surface area contributed by atoms with Crippen molar-refractivity contribution >= 4 is 15.9 Å². The quantitative estimate of drug-likeness (QED) is 0.749. The van der Waals surface area contributed by atoms with Crippen LogP contribution in [-0.4, -0.2) is 13.1 Å². The first-order chi connectivity index (χ1) is 9.74. The zero-order valence-electron chi connectivity index (χ0n) is 14.2. The van der Waals surface area contributed by atoms with E-state index in [2.05, 4.69) is 80.1 Å². The van der Waals surface area contributed by atoms with Gasteiger partial charge >= 0.3 is 0 Å². The van der Waals surface area contributed by atoms with Gasteiger partial charge in [0.25, 0.3) is 0 Å². The molecule has 0 spiro atoms. The van der Waals surface area contributed by atoms with Crippen LogP contribution < -0.4 is 5.32 Å². The van der Waals surface area contributed by atoms with E-state index in [9.17, 15) is 0 Å². The molecule has 1 saturated carbocycles. The highest BCUT2D eigenvalue weighted by Gasteiger charge is 2.49. The number of benzene rings is 1. The molecule has 1 aliphatic rings. The first kappa shape index (κ1) is 17.0. The van der Waals surface area contributed by atoms with Crippen LogP contribution in [0.1, 0.15) is 53.0 Å². The number of halogens is 1. The number of rotatable bonds is 5. The summed E-state index contributed by atoms with van der Waals surface area (Å²) in [5.41, 5.74) is 2.22.